The van der Waals surface area contributed by atoms with Crippen molar-refractivity contribution < 1.29 is 19.2 Å². The lowest BCUT2D eigenvalue weighted by Crippen LogP contribution is -2.41. The highest BCUT2D eigenvalue weighted by molar-refractivity contribution is 7.20. The van der Waals surface area contributed by atoms with Crippen molar-refractivity contribution in [1.29, 1.82) is 0 Å². The van der Waals surface area contributed by atoms with Crippen molar-refractivity contribution in [2.75, 3.05) is 20.2 Å². The van der Waals surface area contributed by atoms with Crippen LogP contribution in [0.2, 0.25) is 0 Å². The number of methoxy groups -OCH3 is 1. The van der Waals surface area contributed by atoms with Crippen molar-refractivity contribution in [2.24, 2.45) is 0 Å². The number of thiazole rings is 1. The number of hydrogen-bond acceptors (Lipinski definition) is 8. The normalized spacial score (nSPS) is 15.0. The maximum absolute atomic E-state index is 12.5. The number of ether oxygens (including phenoxy) is 2. The van der Waals surface area contributed by atoms with Crippen LogP contribution in [0.1, 0.15) is 22.5 Å². The molecule has 1 saturated heterocycles. The fraction of sp³-hybridized carbons (Fsp3) is 0.333. The van der Waals surface area contributed by atoms with Crippen LogP contribution in [0, 0.1) is 10.1 Å². The first-order valence-electron chi connectivity index (χ1n) is 8.68. The number of benzene rings is 1. The molecular weight excluding hydrogens is 402 g/mol. The molecule has 4 rings (SSSR count). The summed E-state index contributed by atoms with van der Waals surface area (Å²) in [6.07, 6.45) is 1.38. The van der Waals surface area contributed by atoms with E-state index in [0.717, 1.165) is 27.3 Å². The van der Waals surface area contributed by atoms with Gasteiger partial charge in [0, 0.05) is 32.0 Å². The van der Waals surface area contributed by atoms with Crippen LogP contribution in [0.5, 0.6) is 10.9 Å². The molecule has 0 spiro atoms. The van der Waals surface area contributed by atoms with Crippen LogP contribution in [0.15, 0.2) is 30.3 Å². The van der Waals surface area contributed by atoms with Crippen molar-refractivity contribution in [3.05, 3.63) is 45.3 Å². The molecule has 8 nitrogen and oxygen atoms in total. The highest BCUT2D eigenvalue weighted by Gasteiger charge is 2.27. The molecule has 1 aromatic carbocycles. The van der Waals surface area contributed by atoms with E-state index in [0.29, 0.717) is 36.0 Å². The number of nitrogens with zero attached hydrogens (tertiary/aromatic N) is 3. The van der Waals surface area contributed by atoms with E-state index in [1.807, 2.05) is 18.2 Å². The van der Waals surface area contributed by atoms with Gasteiger partial charge in [0.15, 0.2) is 0 Å². The van der Waals surface area contributed by atoms with E-state index < -0.39 is 4.92 Å². The van der Waals surface area contributed by atoms with E-state index in [4.69, 9.17) is 9.47 Å². The molecule has 0 atom stereocenters. The molecule has 1 amide bonds. The lowest BCUT2D eigenvalue weighted by molar-refractivity contribution is -0.380. The Hall–Kier alpha value is -2.72. The number of carbonyl (C=O) groups excluding carboxylic acids is 1. The van der Waals surface area contributed by atoms with E-state index in [1.165, 1.54) is 23.5 Å². The van der Waals surface area contributed by atoms with Gasteiger partial charge in [0.1, 0.15) is 11.9 Å². The molecule has 2 aromatic heterocycles. The molecule has 0 N–H and O–H groups in total. The van der Waals surface area contributed by atoms with Crippen molar-refractivity contribution >= 4 is 43.8 Å². The molecule has 146 valence electrons. The van der Waals surface area contributed by atoms with Gasteiger partial charge < -0.3 is 14.4 Å². The van der Waals surface area contributed by atoms with Gasteiger partial charge in [-0.15, -0.1) is 0 Å². The standard InChI is InChI=1S/C18H17N3O5S2/c1-25-12-2-3-13-15(10-12)28-18(19-13)26-11-6-8-20(9-7-11)17(22)14-4-5-16(27-14)21(23)24/h2-5,10-11H,6-9H2,1H3. The highest BCUT2D eigenvalue weighted by Crippen LogP contribution is 2.32. The molecule has 0 radical (unpaired) electrons. The van der Waals surface area contributed by atoms with Gasteiger partial charge in [0.05, 0.1) is 27.1 Å². The molecule has 28 heavy (non-hydrogen) atoms. The Kier molecular flexibility index (Phi) is 5.14. The highest BCUT2D eigenvalue weighted by atomic mass is 32.1. The Morgan fingerprint density at radius 3 is 2.71 bits per heavy atom. The summed E-state index contributed by atoms with van der Waals surface area (Å²) in [6.45, 7) is 1.10. The number of carbonyl (C=O) groups is 1. The molecule has 0 unspecified atom stereocenters. The second kappa shape index (κ2) is 7.72. The number of nitro groups is 1. The molecule has 1 fully saturated rings. The Morgan fingerprint density at radius 1 is 1.25 bits per heavy atom. The van der Waals surface area contributed by atoms with Crippen LogP contribution in [-0.4, -0.2) is 47.0 Å². The predicted molar refractivity (Wildman–Crippen MR) is 107 cm³/mol. The van der Waals surface area contributed by atoms with Crippen LogP contribution in [0.25, 0.3) is 10.2 Å². The number of aromatic nitrogens is 1. The molecule has 3 aromatic rings. The third-order valence-corrected chi connectivity index (χ3v) is 6.49. The minimum atomic E-state index is -0.477. The second-order valence-corrected chi connectivity index (χ2v) is 8.37. The first kappa shape index (κ1) is 18.6. The first-order chi connectivity index (χ1) is 13.5. The number of likely N-dealkylation sites (tertiary alicyclic amines) is 1. The van der Waals surface area contributed by atoms with E-state index in [2.05, 4.69) is 4.98 Å². The average Bonchev–Trinajstić information content (AvgIpc) is 3.34. The zero-order valence-corrected chi connectivity index (χ0v) is 16.6. The van der Waals surface area contributed by atoms with Crippen LogP contribution >= 0.6 is 22.7 Å². The summed E-state index contributed by atoms with van der Waals surface area (Å²) in [5.74, 6) is 0.618. The summed E-state index contributed by atoms with van der Waals surface area (Å²) in [5.41, 5.74) is 0.868. The molecule has 1 aliphatic heterocycles. The molecule has 0 bridgehead atoms. The van der Waals surface area contributed by atoms with Gasteiger partial charge in [-0.05, 0) is 24.3 Å². The number of rotatable bonds is 5. The fourth-order valence-electron chi connectivity index (χ4n) is 3.08. The van der Waals surface area contributed by atoms with Gasteiger partial charge in [-0.2, -0.15) is 0 Å². The first-order valence-corrected chi connectivity index (χ1v) is 10.3. The zero-order chi connectivity index (χ0) is 19.7. The summed E-state index contributed by atoms with van der Waals surface area (Å²) < 4.78 is 12.3. The van der Waals surface area contributed by atoms with E-state index in [-0.39, 0.29) is 17.0 Å². The third-order valence-electron chi connectivity index (χ3n) is 4.56. The Labute approximate surface area is 168 Å². The van der Waals surface area contributed by atoms with Gasteiger partial charge in [-0.25, -0.2) is 4.98 Å². The van der Waals surface area contributed by atoms with E-state index in [9.17, 15) is 14.9 Å². The molecule has 0 saturated carbocycles. The zero-order valence-electron chi connectivity index (χ0n) is 15.0. The fourth-order valence-corrected chi connectivity index (χ4v) is 4.78. The van der Waals surface area contributed by atoms with Crippen LogP contribution < -0.4 is 9.47 Å². The number of fused-ring (bicyclic) bond motifs is 1. The molecule has 3 heterocycles. The van der Waals surface area contributed by atoms with Crippen molar-refractivity contribution in [1.82, 2.24) is 9.88 Å². The predicted octanol–water partition coefficient (Wildman–Crippen LogP) is 3.96. The van der Waals surface area contributed by atoms with Crippen molar-refractivity contribution in [3.8, 4) is 10.9 Å². The molecule has 0 aliphatic carbocycles. The monoisotopic (exact) mass is 419 g/mol. The van der Waals surface area contributed by atoms with Gasteiger partial charge in [-0.3, -0.25) is 14.9 Å². The second-order valence-electron chi connectivity index (χ2n) is 6.32. The summed E-state index contributed by atoms with van der Waals surface area (Å²) >= 11 is 2.39. The summed E-state index contributed by atoms with van der Waals surface area (Å²) in [6, 6.07) is 8.59. The Morgan fingerprint density at radius 2 is 2.04 bits per heavy atom. The van der Waals surface area contributed by atoms with Crippen molar-refractivity contribution in [3.63, 3.8) is 0 Å². The number of hydrogen-bond donors (Lipinski definition) is 0. The molecular formula is C18H17N3O5S2. The lowest BCUT2D eigenvalue weighted by Gasteiger charge is -2.31. The smallest absolute Gasteiger partial charge is 0.324 e. The van der Waals surface area contributed by atoms with E-state index >= 15 is 0 Å². The number of piperidine rings is 1. The minimum Gasteiger partial charge on any atom is -0.497 e. The lowest BCUT2D eigenvalue weighted by atomic mass is 10.1. The average molecular weight is 419 g/mol. The quantitative estimate of drug-likeness (QED) is 0.459. The van der Waals surface area contributed by atoms with Crippen LogP contribution in [0.3, 0.4) is 0 Å². The van der Waals surface area contributed by atoms with Crippen molar-refractivity contribution in [2.45, 2.75) is 18.9 Å². The van der Waals surface area contributed by atoms with Gasteiger partial charge >= 0.3 is 5.00 Å². The van der Waals surface area contributed by atoms with Crippen LogP contribution in [-0.2, 0) is 0 Å². The largest absolute Gasteiger partial charge is 0.497 e. The minimum absolute atomic E-state index is 0.0100. The third kappa shape index (κ3) is 3.78. The van der Waals surface area contributed by atoms with E-state index in [1.54, 1.807) is 12.0 Å². The molecule has 10 heteroatoms. The maximum Gasteiger partial charge on any atom is 0.324 e. The summed E-state index contributed by atoms with van der Waals surface area (Å²) in [5, 5.41) is 11.4. The van der Waals surface area contributed by atoms with Gasteiger partial charge in [0.2, 0.25) is 0 Å². The Balaban J connectivity index is 1.36. The molecule has 1 aliphatic rings. The number of amides is 1. The van der Waals surface area contributed by atoms with Gasteiger partial charge in [0.25, 0.3) is 11.1 Å². The van der Waals surface area contributed by atoms with Gasteiger partial charge in [-0.1, -0.05) is 22.7 Å². The number of thiophene rings is 1. The maximum atomic E-state index is 12.5. The SMILES string of the molecule is COc1ccc2nc(OC3CCN(C(=O)c4ccc([N+](=O)[O-])s4)CC3)sc2c1. The topological polar surface area (TPSA) is 94.8 Å². The summed E-state index contributed by atoms with van der Waals surface area (Å²) in [4.78, 5) is 29.5. The summed E-state index contributed by atoms with van der Waals surface area (Å²) in [7, 11) is 1.63. The van der Waals surface area contributed by atoms with Crippen LogP contribution in [0.4, 0.5) is 5.00 Å². The Bertz CT molecular complexity index is 1020.